The number of nitro groups is 1. The molecule has 1 saturated heterocycles. The Bertz CT molecular complexity index is 403. The molecule has 86 valence electrons. The van der Waals surface area contributed by atoms with Crippen LogP contribution in [-0.2, 0) is 6.42 Å². The molecule has 2 rings (SSSR count). The Kier molecular flexibility index (Phi) is 3.14. The third-order valence-corrected chi connectivity index (χ3v) is 2.95. The van der Waals surface area contributed by atoms with Crippen LogP contribution in [0.1, 0.15) is 12.0 Å². The van der Waals surface area contributed by atoms with Crippen LogP contribution in [0.4, 0.5) is 10.1 Å². The minimum absolute atomic E-state index is 0.105. The number of nitrogens with zero attached hydrogens (tertiary/aromatic N) is 1. The van der Waals surface area contributed by atoms with Crippen LogP contribution in [0, 0.1) is 21.8 Å². The van der Waals surface area contributed by atoms with Gasteiger partial charge in [-0.3, -0.25) is 10.1 Å². The van der Waals surface area contributed by atoms with Crippen LogP contribution in [0.15, 0.2) is 18.2 Å². The van der Waals surface area contributed by atoms with E-state index in [0.717, 1.165) is 19.5 Å². The number of nitrogens with one attached hydrogen (secondary N) is 1. The van der Waals surface area contributed by atoms with Gasteiger partial charge in [-0.25, -0.2) is 4.39 Å². The SMILES string of the molecule is O=[N+]([O-])c1cccc(F)c1CC1CCNC1. The summed E-state index contributed by atoms with van der Waals surface area (Å²) in [5.41, 5.74) is 0.133. The Morgan fingerprint density at radius 1 is 1.56 bits per heavy atom. The van der Waals surface area contributed by atoms with Crippen molar-refractivity contribution in [2.75, 3.05) is 13.1 Å². The number of nitro benzene ring substituents is 1. The number of hydrogen-bond acceptors (Lipinski definition) is 3. The van der Waals surface area contributed by atoms with Gasteiger partial charge >= 0.3 is 0 Å². The molecular weight excluding hydrogens is 211 g/mol. The average Bonchev–Trinajstić information content (AvgIpc) is 2.73. The second-order valence-corrected chi connectivity index (χ2v) is 4.06. The van der Waals surface area contributed by atoms with E-state index in [9.17, 15) is 14.5 Å². The first-order valence-corrected chi connectivity index (χ1v) is 5.31. The Balaban J connectivity index is 2.26. The quantitative estimate of drug-likeness (QED) is 0.630. The van der Waals surface area contributed by atoms with E-state index in [0.29, 0.717) is 12.3 Å². The molecule has 4 nitrogen and oxygen atoms in total. The van der Waals surface area contributed by atoms with E-state index in [1.54, 1.807) is 0 Å². The fraction of sp³-hybridized carbons (Fsp3) is 0.455. The van der Waals surface area contributed by atoms with Crippen molar-refractivity contribution in [2.45, 2.75) is 12.8 Å². The van der Waals surface area contributed by atoms with Crippen LogP contribution < -0.4 is 5.32 Å². The molecule has 0 amide bonds. The number of hydrogen-bond donors (Lipinski definition) is 1. The fourth-order valence-electron chi connectivity index (χ4n) is 2.10. The predicted molar refractivity (Wildman–Crippen MR) is 57.7 cm³/mol. The molecule has 0 aromatic heterocycles. The summed E-state index contributed by atoms with van der Waals surface area (Å²) in [7, 11) is 0. The summed E-state index contributed by atoms with van der Waals surface area (Å²) in [6, 6.07) is 4.02. The topological polar surface area (TPSA) is 55.2 Å². The van der Waals surface area contributed by atoms with E-state index in [1.807, 2.05) is 0 Å². The molecule has 1 atom stereocenters. The molecule has 0 saturated carbocycles. The van der Waals surface area contributed by atoms with Crippen LogP contribution in [0.2, 0.25) is 0 Å². The first-order chi connectivity index (χ1) is 7.68. The lowest BCUT2D eigenvalue weighted by Gasteiger charge is -2.09. The maximum atomic E-state index is 13.5. The van der Waals surface area contributed by atoms with E-state index in [1.165, 1.54) is 18.2 Å². The van der Waals surface area contributed by atoms with Gasteiger partial charge in [0, 0.05) is 6.07 Å². The molecule has 1 N–H and O–H groups in total. The number of benzene rings is 1. The van der Waals surface area contributed by atoms with Crippen LogP contribution in [0.5, 0.6) is 0 Å². The molecule has 1 unspecified atom stereocenters. The van der Waals surface area contributed by atoms with Gasteiger partial charge in [-0.2, -0.15) is 0 Å². The van der Waals surface area contributed by atoms with Crippen molar-refractivity contribution >= 4 is 5.69 Å². The molecule has 1 aromatic carbocycles. The zero-order valence-electron chi connectivity index (χ0n) is 8.78. The van der Waals surface area contributed by atoms with E-state index in [2.05, 4.69) is 5.32 Å². The highest BCUT2D eigenvalue weighted by molar-refractivity contribution is 5.41. The molecule has 1 aliphatic rings. The lowest BCUT2D eigenvalue weighted by Crippen LogP contribution is -2.12. The number of rotatable bonds is 3. The van der Waals surface area contributed by atoms with Crippen molar-refractivity contribution in [1.29, 1.82) is 0 Å². The normalized spacial score (nSPS) is 19.9. The van der Waals surface area contributed by atoms with Crippen molar-refractivity contribution in [3.8, 4) is 0 Å². The van der Waals surface area contributed by atoms with E-state index in [4.69, 9.17) is 0 Å². The van der Waals surface area contributed by atoms with Gasteiger partial charge < -0.3 is 5.32 Å². The molecule has 16 heavy (non-hydrogen) atoms. The van der Waals surface area contributed by atoms with Gasteiger partial charge in [0.15, 0.2) is 0 Å². The standard InChI is InChI=1S/C11H13FN2O2/c12-10-2-1-3-11(14(15)16)9(10)6-8-4-5-13-7-8/h1-3,8,13H,4-7H2. The molecule has 1 heterocycles. The van der Waals surface area contributed by atoms with Gasteiger partial charge in [-0.1, -0.05) is 6.07 Å². The first kappa shape index (κ1) is 11.0. The molecule has 1 fully saturated rings. The lowest BCUT2D eigenvalue weighted by atomic mass is 9.97. The molecular formula is C11H13FN2O2. The zero-order chi connectivity index (χ0) is 11.5. The lowest BCUT2D eigenvalue weighted by molar-refractivity contribution is -0.385. The highest BCUT2D eigenvalue weighted by Crippen LogP contribution is 2.26. The Morgan fingerprint density at radius 3 is 3.00 bits per heavy atom. The van der Waals surface area contributed by atoms with Crippen LogP contribution in [0.25, 0.3) is 0 Å². The largest absolute Gasteiger partial charge is 0.316 e. The van der Waals surface area contributed by atoms with Crippen LogP contribution in [0.3, 0.4) is 0 Å². The highest BCUT2D eigenvalue weighted by Gasteiger charge is 2.23. The van der Waals surface area contributed by atoms with Gasteiger partial charge in [0.05, 0.1) is 10.5 Å². The molecule has 1 aliphatic heterocycles. The average molecular weight is 224 g/mol. The molecule has 0 spiro atoms. The maximum absolute atomic E-state index is 13.5. The summed E-state index contributed by atoms with van der Waals surface area (Å²) >= 11 is 0. The minimum atomic E-state index is -0.513. The van der Waals surface area contributed by atoms with Gasteiger partial charge in [-0.15, -0.1) is 0 Å². The predicted octanol–water partition coefficient (Wildman–Crippen LogP) is 1.89. The van der Waals surface area contributed by atoms with Gasteiger partial charge in [0.25, 0.3) is 5.69 Å². The highest BCUT2D eigenvalue weighted by atomic mass is 19.1. The smallest absolute Gasteiger partial charge is 0.275 e. The van der Waals surface area contributed by atoms with Crippen molar-refractivity contribution in [3.05, 3.63) is 39.7 Å². The van der Waals surface area contributed by atoms with Gasteiger partial charge in [0.2, 0.25) is 0 Å². The molecule has 1 aromatic rings. The Morgan fingerprint density at radius 2 is 2.38 bits per heavy atom. The Labute approximate surface area is 92.6 Å². The molecule has 0 bridgehead atoms. The first-order valence-electron chi connectivity index (χ1n) is 5.31. The summed E-state index contributed by atoms with van der Waals surface area (Å²) in [6.45, 7) is 1.72. The third kappa shape index (κ3) is 2.19. The Hall–Kier alpha value is -1.49. The summed E-state index contributed by atoms with van der Waals surface area (Å²) in [5.74, 6) is -0.170. The summed E-state index contributed by atoms with van der Waals surface area (Å²) in [4.78, 5) is 10.3. The fourth-order valence-corrected chi connectivity index (χ4v) is 2.10. The molecule has 0 aliphatic carbocycles. The third-order valence-electron chi connectivity index (χ3n) is 2.95. The van der Waals surface area contributed by atoms with Gasteiger partial charge in [0.1, 0.15) is 5.82 Å². The summed E-state index contributed by atoms with van der Waals surface area (Å²) in [6.07, 6.45) is 1.39. The van der Waals surface area contributed by atoms with E-state index < -0.39 is 10.7 Å². The van der Waals surface area contributed by atoms with Crippen molar-refractivity contribution < 1.29 is 9.31 Å². The minimum Gasteiger partial charge on any atom is -0.316 e. The van der Waals surface area contributed by atoms with Crippen molar-refractivity contribution in [2.24, 2.45) is 5.92 Å². The monoisotopic (exact) mass is 224 g/mol. The number of halogens is 1. The second-order valence-electron chi connectivity index (χ2n) is 4.06. The molecule has 0 radical (unpaired) electrons. The zero-order valence-corrected chi connectivity index (χ0v) is 8.78. The second kappa shape index (κ2) is 4.57. The van der Waals surface area contributed by atoms with Crippen LogP contribution >= 0.6 is 0 Å². The van der Waals surface area contributed by atoms with E-state index in [-0.39, 0.29) is 11.3 Å². The van der Waals surface area contributed by atoms with Gasteiger partial charge in [-0.05, 0) is 37.9 Å². The van der Waals surface area contributed by atoms with Crippen molar-refractivity contribution in [3.63, 3.8) is 0 Å². The summed E-state index contributed by atoms with van der Waals surface area (Å²) < 4.78 is 13.5. The molecule has 5 heteroatoms. The summed E-state index contributed by atoms with van der Waals surface area (Å²) in [5, 5.41) is 13.9. The maximum Gasteiger partial charge on any atom is 0.275 e. The van der Waals surface area contributed by atoms with Crippen molar-refractivity contribution in [1.82, 2.24) is 5.32 Å². The van der Waals surface area contributed by atoms with Crippen LogP contribution in [-0.4, -0.2) is 18.0 Å². The van der Waals surface area contributed by atoms with E-state index >= 15 is 0 Å².